The van der Waals surface area contributed by atoms with Crippen molar-refractivity contribution in [3.8, 4) is 5.75 Å². The molecule has 1 heterocycles. The van der Waals surface area contributed by atoms with Gasteiger partial charge in [-0.25, -0.2) is 0 Å². The van der Waals surface area contributed by atoms with E-state index in [1.165, 1.54) is 12.8 Å². The molecule has 4 nitrogen and oxygen atoms in total. The van der Waals surface area contributed by atoms with Crippen LogP contribution in [0.3, 0.4) is 0 Å². The van der Waals surface area contributed by atoms with Gasteiger partial charge in [-0.15, -0.1) is 0 Å². The van der Waals surface area contributed by atoms with Crippen LogP contribution >= 0.6 is 11.6 Å². The molecule has 126 valence electrons. The quantitative estimate of drug-likeness (QED) is 0.663. The van der Waals surface area contributed by atoms with E-state index in [9.17, 15) is 0 Å². The van der Waals surface area contributed by atoms with Gasteiger partial charge in [0.15, 0.2) is 0 Å². The molecule has 2 aromatic rings. The topological polar surface area (TPSA) is 46.2 Å². The molecule has 0 amide bonds. The summed E-state index contributed by atoms with van der Waals surface area (Å²) in [4.78, 5) is 4.45. The molecule has 23 heavy (non-hydrogen) atoms. The molecule has 0 spiro atoms. The number of aromatic nitrogens is 1. The molecule has 0 atom stereocenters. The molecule has 0 aliphatic carbocycles. The van der Waals surface area contributed by atoms with Crippen LogP contribution in [0.4, 0.5) is 5.69 Å². The molecule has 1 aromatic heterocycles. The van der Waals surface area contributed by atoms with E-state index in [4.69, 9.17) is 16.3 Å². The number of methoxy groups -OCH3 is 1. The summed E-state index contributed by atoms with van der Waals surface area (Å²) >= 11 is 6.36. The van der Waals surface area contributed by atoms with Crippen LogP contribution < -0.4 is 15.4 Å². The first kappa shape index (κ1) is 17.8. The van der Waals surface area contributed by atoms with E-state index >= 15 is 0 Å². The highest BCUT2D eigenvalue weighted by atomic mass is 35.5. The molecular formula is C18H26ClN3O. The van der Waals surface area contributed by atoms with Crippen molar-refractivity contribution in [3.63, 3.8) is 0 Å². The third-order valence-electron chi connectivity index (χ3n) is 3.73. The van der Waals surface area contributed by atoms with E-state index < -0.39 is 0 Å². The summed E-state index contributed by atoms with van der Waals surface area (Å²) in [5.41, 5.74) is 1.86. The van der Waals surface area contributed by atoms with Crippen LogP contribution in [0.25, 0.3) is 10.9 Å². The average molecular weight is 336 g/mol. The summed E-state index contributed by atoms with van der Waals surface area (Å²) in [6, 6.07) is 6.35. The predicted octanol–water partition coefficient (Wildman–Crippen LogP) is 4.48. The van der Waals surface area contributed by atoms with E-state index in [-0.39, 0.29) is 0 Å². The number of rotatable bonds is 9. The first-order chi connectivity index (χ1) is 11.1. The number of halogens is 1. The summed E-state index contributed by atoms with van der Waals surface area (Å²) in [6.07, 6.45) is 5.30. The normalized spacial score (nSPS) is 11.2. The lowest BCUT2D eigenvalue weighted by Gasteiger charge is -2.13. The molecular weight excluding hydrogens is 310 g/mol. The first-order valence-corrected chi connectivity index (χ1v) is 8.59. The van der Waals surface area contributed by atoms with Gasteiger partial charge in [-0.05, 0) is 31.5 Å². The Hall–Kier alpha value is -1.52. The number of unbranched alkanes of at least 4 members (excludes halogenated alkanes) is 2. The highest BCUT2D eigenvalue weighted by molar-refractivity contribution is 6.37. The number of benzene rings is 1. The minimum atomic E-state index is 0.562. The molecule has 0 bridgehead atoms. The fraction of sp³-hybridized carbons (Fsp3) is 0.500. The Morgan fingerprint density at radius 1 is 1.22 bits per heavy atom. The molecule has 2 N–H and O–H groups in total. The van der Waals surface area contributed by atoms with Crippen LogP contribution in [0.5, 0.6) is 5.75 Å². The Labute approximate surface area is 143 Å². The smallest absolute Gasteiger partial charge is 0.140 e. The summed E-state index contributed by atoms with van der Waals surface area (Å²) in [7, 11) is 1.63. The lowest BCUT2D eigenvalue weighted by molar-refractivity contribution is 0.416. The number of ether oxygens (including phenoxy) is 1. The second-order valence-electron chi connectivity index (χ2n) is 5.94. The molecule has 2 rings (SSSR count). The van der Waals surface area contributed by atoms with E-state index in [2.05, 4.69) is 29.5 Å². The van der Waals surface area contributed by atoms with Crippen molar-refractivity contribution >= 4 is 28.2 Å². The Bertz CT molecular complexity index is 631. The maximum absolute atomic E-state index is 6.36. The number of anilines is 1. The zero-order chi connectivity index (χ0) is 16.7. The second-order valence-corrected chi connectivity index (χ2v) is 6.31. The molecule has 1 aromatic carbocycles. The second kappa shape index (κ2) is 8.94. The van der Waals surface area contributed by atoms with E-state index in [1.807, 2.05) is 18.2 Å². The van der Waals surface area contributed by atoms with Gasteiger partial charge in [0, 0.05) is 30.2 Å². The van der Waals surface area contributed by atoms with Crippen LogP contribution in [0.15, 0.2) is 24.4 Å². The van der Waals surface area contributed by atoms with Crippen molar-refractivity contribution in [3.05, 3.63) is 29.4 Å². The minimum absolute atomic E-state index is 0.562. The third kappa shape index (κ3) is 4.98. The summed E-state index contributed by atoms with van der Waals surface area (Å²) in [5.74, 6) is 0.677. The maximum Gasteiger partial charge on any atom is 0.140 e. The number of nitrogens with one attached hydrogen (secondary N) is 2. The number of pyridine rings is 1. The zero-order valence-corrected chi connectivity index (χ0v) is 14.9. The lowest BCUT2D eigenvalue weighted by atomic mass is 10.1. The van der Waals surface area contributed by atoms with Crippen LogP contribution in [0.1, 0.15) is 33.1 Å². The number of hydrogen-bond donors (Lipinski definition) is 2. The zero-order valence-electron chi connectivity index (χ0n) is 14.2. The molecule has 5 heteroatoms. The molecule has 0 unspecified atom stereocenters. The van der Waals surface area contributed by atoms with E-state index in [0.717, 1.165) is 36.1 Å². The van der Waals surface area contributed by atoms with Crippen molar-refractivity contribution in [2.24, 2.45) is 0 Å². The van der Waals surface area contributed by atoms with Gasteiger partial charge in [-0.2, -0.15) is 0 Å². The fourth-order valence-electron chi connectivity index (χ4n) is 2.52. The number of hydrogen-bond acceptors (Lipinski definition) is 4. The molecule has 0 radical (unpaired) electrons. The van der Waals surface area contributed by atoms with Crippen LogP contribution in [-0.4, -0.2) is 31.2 Å². The van der Waals surface area contributed by atoms with Gasteiger partial charge in [0.2, 0.25) is 0 Å². The number of fused-ring (bicyclic) bond motifs is 1. The van der Waals surface area contributed by atoms with Crippen molar-refractivity contribution in [1.82, 2.24) is 10.3 Å². The van der Waals surface area contributed by atoms with E-state index in [0.29, 0.717) is 16.8 Å². The molecule has 0 saturated heterocycles. The summed E-state index contributed by atoms with van der Waals surface area (Å²) in [5, 5.41) is 8.43. The molecule has 0 fully saturated rings. The summed E-state index contributed by atoms with van der Waals surface area (Å²) < 4.78 is 5.37. The standard InChI is InChI=1S/C18H26ClN3O/c1-13(2)20-9-5-4-6-10-21-15-12-16(23-3)17(19)14-8-7-11-22-18(14)15/h7-8,11-13,20-21H,4-6,9-10H2,1-3H3. The van der Waals surface area contributed by atoms with E-state index in [1.54, 1.807) is 13.3 Å². The van der Waals surface area contributed by atoms with Gasteiger partial charge in [-0.1, -0.05) is 31.9 Å². The molecule has 0 saturated carbocycles. The lowest BCUT2D eigenvalue weighted by Crippen LogP contribution is -2.23. The van der Waals surface area contributed by atoms with Gasteiger partial charge in [0.1, 0.15) is 5.75 Å². The van der Waals surface area contributed by atoms with Crippen molar-refractivity contribution in [2.75, 3.05) is 25.5 Å². The number of nitrogens with zero attached hydrogens (tertiary/aromatic N) is 1. The SMILES string of the molecule is COc1cc(NCCCCCNC(C)C)c2ncccc2c1Cl. The van der Waals surface area contributed by atoms with Crippen molar-refractivity contribution in [1.29, 1.82) is 0 Å². The highest BCUT2D eigenvalue weighted by Gasteiger charge is 2.11. The summed E-state index contributed by atoms with van der Waals surface area (Å²) in [6.45, 7) is 6.34. The fourth-order valence-corrected chi connectivity index (χ4v) is 2.80. The first-order valence-electron chi connectivity index (χ1n) is 8.22. The maximum atomic E-state index is 6.36. The van der Waals surface area contributed by atoms with Gasteiger partial charge >= 0.3 is 0 Å². The molecule has 0 aliphatic rings. The van der Waals surface area contributed by atoms with Crippen molar-refractivity contribution in [2.45, 2.75) is 39.2 Å². The predicted molar refractivity (Wildman–Crippen MR) is 98.8 cm³/mol. The Kier molecular flexibility index (Phi) is 6.93. The Morgan fingerprint density at radius 2 is 2.00 bits per heavy atom. The van der Waals surface area contributed by atoms with Crippen LogP contribution in [0.2, 0.25) is 5.02 Å². The van der Waals surface area contributed by atoms with Gasteiger partial charge in [-0.3, -0.25) is 4.98 Å². The largest absolute Gasteiger partial charge is 0.495 e. The monoisotopic (exact) mass is 335 g/mol. The third-order valence-corrected chi connectivity index (χ3v) is 4.12. The van der Waals surface area contributed by atoms with Crippen LogP contribution in [-0.2, 0) is 0 Å². The highest BCUT2D eigenvalue weighted by Crippen LogP contribution is 2.36. The Balaban J connectivity index is 1.94. The van der Waals surface area contributed by atoms with Crippen LogP contribution in [0, 0.1) is 0 Å². The molecule has 0 aliphatic heterocycles. The van der Waals surface area contributed by atoms with Gasteiger partial charge in [0.05, 0.1) is 23.3 Å². The average Bonchev–Trinajstić information content (AvgIpc) is 2.55. The minimum Gasteiger partial charge on any atom is -0.495 e. The Morgan fingerprint density at radius 3 is 2.74 bits per heavy atom. The van der Waals surface area contributed by atoms with Gasteiger partial charge in [0.25, 0.3) is 0 Å². The van der Waals surface area contributed by atoms with Gasteiger partial charge < -0.3 is 15.4 Å². The van der Waals surface area contributed by atoms with Crippen molar-refractivity contribution < 1.29 is 4.74 Å².